The Morgan fingerprint density at radius 1 is 1.39 bits per heavy atom. The van der Waals surface area contributed by atoms with Crippen LogP contribution in [0.15, 0.2) is 34.0 Å². The van der Waals surface area contributed by atoms with Crippen molar-refractivity contribution in [1.82, 2.24) is 15.2 Å². The van der Waals surface area contributed by atoms with E-state index in [0.29, 0.717) is 28.9 Å². The van der Waals surface area contributed by atoms with E-state index in [1.54, 1.807) is 17.5 Å². The lowest BCUT2D eigenvalue weighted by Crippen LogP contribution is -2.47. The molecule has 0 radical (unpaired) electrons. The molecule has 0 unspecified atom stereocenters. The van der Waals surface area contributed by atoms with Crippen LogP contribution in [0.4, 0.5) is 0 Å². The lowest BCUT2D eigenvalue weighted by Gasteiger charge is -2.33. The van der Waals surface area contributed by atoms with Crippen LogP contribution in [0.1, 0.15) is 11.3 Å². The predicted molar refractivity (Wildman–Crippen MR) is 126 cm³/mol. The van der Waals surface area contributed by atoms with E-state index in [1.807, 2.05) is 12.1 Å². The Labute approximate surface area is 198 Å². The number of nitrogens with one attached hydrogen (secondary N) is 1. The first-order chi connectivity index (χ1) is 14.9. The maximum atomic E-state index is 12.2. The summed E-state index contributed by atoms with van der Waals surface area (Å²) in [5.41, 5.74) is 6.80. The van der Waals surface area contributed by atoms with Crippen LogP contribution < -0.4 is 11.1 Å². The van der Waals surface area contributed by atoms with E-state index < -0.39 is 5.91 Å². The number of hydrogen-bond acceptors (Lipinski definition) is 7. The molecule has 1 aliphatic rings. The second kappa shape index (κ2) is 11.8. The van der Waals surface area contributed by atoms with Gasteiger partial charge in [0.1, 0.15) is 0 Å². The molecule has 1 aromatic carbocycles. The molecule has 2 amide bonds. The lowest BCUT2D eigenvalue weighted by atomic mass is 10.2. The van der Waals surface area contributed by atoms with Crippen molar-refractivity contribution in [3.63, 3.8) is 0 Å². The molecule has 1 saturated heterocycles. The summed E-state index contributed by atoms with van der Waals surface area (Å²) in [7, 11) is 0. The number of thioether (sulfide) groups is 1. The second-order valence-electron chi connectivity index (χ2n) is 6.84. The van der Waals surface area contributed by atoms with Crippen LogP contribution >= 0.6 is 46.3 Å². The van der Waals surface area contributed by atoms with Crippen molar-refractivity contribution in [2.45, 2.75) is 17.0 Å². The molecule has 0 bridgehead atoms. The number of thiazole rings is 1. The number of rotatable bonds is 9. The van der Waals surface area contributed by atoms with E-state index in [-0.39, 0.29) is 17.8 Å². The number of ether oxygens (including phenoxy) is 1. The van der Waals surface area contributed by atoms with Crippen molar-refractivity contribution in [2.75, 3.05) is 32.0 Å². The monoisotopic (exact) mass is 500 g/mol. The molecule has 2 heterocycles. The van der Waals surface area contributed by atoms with Crippen molar-refractivity contribution >= 4 is 64.2 Å². The summed E-state index contributed by atoms with van der Waals surface area (Å²) in [5.74, 6) is -0.353. The Morgan fingerprint density at radius 3 is 3.00 bits per heavy atom. The molecule has 2 aromatic rings. The van der Waals surface area contributed by atoms with Crippen molar-refractivity contribution in [3.05, 3.63) is 51.0 Å². The summed E-state index contributed by atoms with van der Waals surface area (Å²) >= 11 is 14.8. The fourth-order valence-electron chi connectivity index (χ4n) is 2.93. The maximum absolute atomic E-state index is 12.2. The van der Waals surface area contributed by atoms with Crippen molar-refractivity contribution in [1.29, 1.82) is 0 Å². The standard InChI is InChI=1S/C20H22Cl2N4O3S2/c21-16-3-1-13(7-17(16)22)9-26-5-6-29-15(10-26)8-24-19(28)12-31-20-25-14(11-30-20)2-4-18(23)27/h1-4,7,11,15H,5-6,8-10,12H2,(H2,23,27)(H,24,28)/t15-/m0/s1. The number of carbonyl (C=O) groups excluding carboxylic acids is 2. The number of nitrogens with zero attached hydrogens (tertiary/aromatic N) is 2. The summed E-state index contributed by atoms with van der Waals surface area (Å²) in [5, 5.41) is 5.82. The fourth-order valence-corrected chi connectivity index (χ4v) is 4.88. The summed E-state index contributed by atoms with van der Waals surface area (Å²) < 4.78 is 6.54. The highest BCUT2D eigenvalue weighted by atomic mass is 35.5. The molecule has 1 aromatic heterocycles. The van der Waals surface area contributed by atoms with Gasteiger partial charge in [-0.1, -0.05) is 41.0 Å². The zero-order chi connectivity index (χ0) is 22.2. The molecule has 0 saturated carbocycles. The van der Waals surface area contributed by atoms with Gasteiger partial charge in [-0.2, -0.15) is 0 Å². The third-order valence-electron chi connectivity index (χ3n) is 4.39. The van der Waals surface area contributed by atoms with Crippen molar-refractivity contribution in [2.24, 2.45) is 5.73 Å². The van der Waals surface area contributed by atoms with Crippen molar-refractivity contribution < 1.29 is 14.3 Å². The maximum Gasteiger partial charge on any atom is 0.241 e. The fraction of sp³-hybridized carbons (Fsp3) is 0.350. The Morgan fingerprint density at radius 2 is 2.23 bits per heavy atom. The Kier molecular flexibility index (Phi) is 9.18. The summed E-state index contributed by atoms with van der Waals surface area (Å²) in [6.45, 7) is 3.34. The van der Waals surface area contributed by atoms with E-state index in [1.165, 1.54) is 29.2 Å². The SMILES string of the molecule is NC(=O)C=Cc1csc(SCC(=O)NC[C@H]2CN(Cc3ccc(Cl)c(Cl)c3)CCO2)n1. The van der Waals surface area contributed by atoms with Gasteiger partial charge in [-0.25, -0.2) is 4.98 Å². The van der Waals surface area contributed by atoms with Crippen LogP contribution in [-0.2, 0) is 20.9 Å². The van der Waals surface area contributed by atoms with Gasteiger partial charge in [0.2, 0.25) is 11.8 Å². The number of morpholine rings is 1. The number of nitrogens with two attached hydrogens (primary N) is 1. The number of halogens is 2. The quantitative estimate of drug-likeness (QED) is 0.405. The zero-order valence-electron chi connectivity index (χ0n) is 16.6. The largest absolute Gasteiger partial charge is 0.374 e. The van der Waals surface area contributed by atoms with Crippen LogP contribution in [0.3, 0.4) is 0 Å². The average Bonchev–Trinajstić information content (AvgIpc) is 3.20. The van der Waals surface area contributed by atoms with E-state index in [2.05, 4.69) is 15.2 Å². The summed E-state index contributed by atoms with van der Waals surface area (Å²) in [6, 6.07) is 5.64. The molecule has 3 N–H and O–H groups in total. The van der Waals surface area contributed by atoms with Crippen LogP contribution in [0.25, 0.3) is 6.08 Å². The van der Waals surface area contributed by atoms with E-state index >= 15 is 0 Å². The van der Waals surface area contributed by atoms with Gasteiger partial charge in [0.25, 0.3) is 0 Å². The Hall–Kier alpha value is -1.62. The summed E-state index contributed by atoms with van der Waals surface area (Å²) in [6.07, 6.45) is 2.73. The van der Waals surface area contributed by atoms with Gasteiger partial charge in [-0.3, -0.25) is 14.5 Å². The number of amides is 2. The topological polar surface area (TPSA) is 97.5 Å². The van der Waals surface area contributed by atoms with E-state index in [0.717, 1.165) is 29.5 Å². The Balaban J connectivity index is 1.39. The van der Waals surface area contributed by atoms with Crippen LogP contribution in [0.5, 0.6) is 0 Å². The van der Waals surface area contributed by atoms with Gasteiger partial charge in [-0.15, -0.1) is 11.3 Å². The molecular weight excluding hydrogens is 479 g/mol. The first-order valence-electron chi connectivity index (χ1n) is 9.49. The van der Waals surface area contributed by atoms with Crippen LogP contribution in [0.2, 0.25) is 10.0 Å². The highest BCUT2D eigenvalue weighted by Gasteiger charge is 2.21. The highest BCUT2D eigenvalue weighted by molar-refractivity contribution is 8.01. The summed E-state index contributed by atoms with van der Waals surface area (Å²) in [4.78, 5) is 29.6. The van der Waals surface area contributed by atoms with Crippen LogP contribution in [-0.4, -0.2) is 59.8 Å². The van der Waals surface area contributed by atoms with Gasteiger partial charge < -0.3 is 15.8 Å². The predicted octanol–water partition coefficient (Wildman–Crippen LogP) is 3.06. The molecule has 166 valence electrons. The number of primary amides is 1. The molecule has 1 atom stereocenters. The zero-order valence-corrected chi connectivity index (χ0v) is 19.7. The highest BCUT2D eigenvalue weighted by Crippen LogP contribution is 2.24. The molecule has 0 aliphatic carbocycles. The minimum atomic E-state index is -0.526. The average molecular weight is 501 g/mol. The second-order valence-corrected chi connectivity index (χ2v) is 9.74. The van der Waals surface area contributed by atoms with Gasteiger partial charge in [0.15, 0.2) is 4.34 Å². The molecular formula is C20H22Cl2N4O3S2. The molecule has 11 heteroatoms. The smallest absolute Gasteiger partial charge is 0.241 e. The van der Waals surface area contributed by atoms with E-state index in [4.69, 9.17) is 33.7 Å². The van der Waals surface area contributed by atoms with E-state index in [9.17, 15) is 9.59 Å². The Bertz CT molecular complexity index is 954. The normalized spacial score (nSPS) is 17.2. The van der Waals surface area contributed by atoms with Gasteiger partial charge in [-0.05, 0) is 23.8 Å². The molecule has 1 fully saturated rings. The van der Waals surface area contributed by atoms with Crippen LogP contribution in [0, 0.1) is 0 Å². The third kappa shape index (κ3) is 8.10. The van der Waals surface area contributed by atoms with Gasteiger partial charge in [0, 0.05) is 37.6 Å². The number of hydrogen-bond donors (Lipinski definition) is 2. The molecule has 0 spiro atoms. The first kappa shape index (κ1) is 24.0. The minimum absolute atomic E-state index is 0.0733. The van der Waals surface area contributed by atoms with Crippen molar-refractivity contribution in [3.8, 4) is 0 Å². The first-order valence-corrected chi connectivity index (χ1v) is 12.1. The number of carbonyl (C=O) groups is 2. The molecule has 7 nitrogen and oxygen atoms in total. The number of aromatic nitrogens is 1. The third-order valence-corrected chi connectivity index (χ3v) is 7.16. The number of benzene rings is 1. The van der Waals surface area contributed by atoms with Gasteiger partial charge in [0.05, 0.1) is 34.2 Å². The molecule has 1 aliphatic heterocycles. The molecule has 31 heavy (non-hydrogen) atoms. The van der Waals surface area contributed by atoms with Gasteiger partial charge >= 0.3 is 0 Å². The molecule has 3 rings (SSSR count). The minimum Gasteiger partial charge on any atom is -0.374 e. The lowest BCUT2D eigenvalue weighted by molar-refractivity contribution is -0.119.